The van der Waals surface area contributed by atoms with Crippen molar-refractivity contribution in [3.63, 3.8) is 0 Å². The quantitative estimate of drug-likeness (QED) is 0.438. The summed E-state index contributed by atoms with van der Waals surface area (Å²) in [7, 11) is -5.17. The molecule has 84 valence electrons. The van der Waals surface area contributed by atoms with Crippen LogP contribution in [0.4, 0.5) is 0 Å². The van der Waals surface area contributed by atoms with Crippen LogP contribution in [-0.2, 0) is 31.5 Å². The zero-order valence-electron chi connectivity index (χ0n) is 7.43. The Morgan fingerprint density at radius 1 is 1.15 bits per heavy atom. The van der Waals surface area contributed by atoms with E-state index in [1.165, 1.54) is 0 Å². The van der Waals surface area contributed by atoms with Crippen molar-refractivity contribution in [1.29, 1.82) is 0 Å². The molecule has 0 aliphatic carbocycles. The summed E-state index contributed by atoms with van der Waals surface area (Å²) in [6, 6.07) is 0. The van der Waals surface area contributed by atoms with Crippen LogP contribution in [0.5, 0.6) is 0 Å². The molecule has 0 bridgehead atoms. The maximum Gasteiger partial charge on any atom is 2.00 e. The van der Waals surface area contributed by atoms with Crippen LogP contribution in [0.15, 0.2) is 0 Å². The smallest absolute Gasteiger partial charge is 0.759 e. The molecule has 0 heterocycles. The first-order chi connectivity index (χ1) is 5.12. The van der Waals surface area contributed by atoms with Crippen LogP contribution < -0.4 is 11.5 Å². The molecular formula is C5H14N2O4PtS. The van der Waals surface area contributed by atoms with Crippen molar-refractivity contribution in [1.82, 2.24) is 0 Å². The van der Waals surface area contributed by atoms with Crippen molar-refractivity contribution in [2.75, 3.05) is 13.1 Å². The number of hydrogen-bond donors (Lipinski definition) is 2. The van der Waals surface area contributed by atoms with Crippen LogP contribution in [0.3, 0.4) is 0 Å². The average Bonchev–Trinajstić information content (AvgIpc) is 1.85. The third-order valence-electron chi connectivity index (χ3n) is 1.11. The van der Waals surface area contributed by atoms with E-state index in [0.29, 0.717) is 13.1 Å². The molecule has 0 aromatic carbocycles. The molecule has 0 aliphatic rings. The summed E-state index contributed by atoms with van der Waals surface area (Å²) in [4.78, 5) is 0. The number of nitrogens with two attached hydrogens (primary N) is 2. The topological polar surface area (TPSA) is 132 Å². The molecule has 13 heavy (non-hydrogen) atoms. The molecule has 0 spiro atoms. The normalized spacial score (nSPS) is 10.9. The summed E-state index contributed by atoms with van der Waals surface area (Å²) < 4.78 is 34.1. The molecule has 6 nitrogen and oxygen atoms in total. The predicted octanol–water partition coefficient (Wildman–Crippen LogP) is -1.41. The van der Waals surface area contributed by atoms with Gasteiger partial charge in [-0.1, -0.05) is 13.8 Å². The molecule has 8 heteroatoms. The van der Waals surface area contributed by atoms with Gasteiger partial charge >= 0.3 is 21.1 Å². The van der Waals surface area contributed by atoms with E-state index in [0.717, 1.165) is 0 Å². The second kappa shape index (κ2) is 7.84. The van der Waals surface area contributed by atoms with Gasteiger partial charge in [0, 0.05) is 10.4 Å². The Morgan fingerprint density at radius 3 is 1.31 bits per heavy atom. The van der Waals surface area contributed by atoms with Crippen molar-refractivity contribution < 1.29 is 38.6 Å². The van der Waals surface area contributed by atoms with Crippen molar-refractivity contribution in [3.8, 4) is 0 Å². The SMILES string of the molecule is CC(C)(CN)CN.O=S(=O)([O-])[O-].[Pt+2]. The minimum absolute atomic E-state index is 0. The van der Waals surface area contributed by atoms with E-state index in [1.54, 1.807) is 0 Å². The number of hydrogen-bond acceptors (Lipinski definition) is 6. The van der Waals surface area contributed by atoms with Crippen molar-refractivity contribution >= 4 is 10.4 Å². The summed E-state index contributed by atoms with van der Waals surface area (Å²) in [5.74, 6) is 0. The molecule has 0 unspecified atom stereocenters. The maximum absolute atomic E-state index is 8.52. The Morgan fingerprint density at radius 2 is 1.31 bits per heavy atom. The zero-order chi connectivity index (χ0) is 10.4. The predicted molar refractivity (Wildman–Crippen MR) is 42.4 cm³/mol. The van der Waals surface area contributed by atoms with E-state index in [1.807, 2.05) is 13.8 Å². The standard InChI is InChI=1S/C5H14N2.H2O4S.Pt/c1-5(2,3-6)4-7;1-5(2,3)4;/h3-4,6-7H2,1-2H3;(H2,1,2,3,4);/q;;+2/p-2. The third-order valence-corrected chi connectivity index (χ3v) is 1.11. The van der Waals surface area contributed by atoms with Crippen molar-refractivity contribution in [2.24, 2.45) is 16.9 Å². The molecule has 0 fully saturated rings. The Balaban J connectivity index is -0.000000150. The minimum atomic E-state index is -5.17. The van der Waals surface area contributed by atoms with Crippen LogP contribution in [0.25, 0.3) is 0 Å². The second-order valence-electron chi connectivity index (χ2n) is 2.98. The second-order valence-corrected chi connectivity index (χ2v) is 3.80. The van der Waals surface area contributed by atoms with Gasteiger partial charge in [-0.3, -0.25) is 8.42 Å². The third kappa shape index (κ3) is 32.6. The van der Waals surface area contributed by atoms with Gasteiger partial charge in [-0.05, 0) is 18.5 Å². The summed E-state index contributed by atoms with van der Waals surface area (Å²) >= 11 is 0. The van der Waals surface area contributed by atoms with Crippen LogP contribution in [0.2, 0.25) is 0 Å². The molecule has 0 aliphatic heterocycles. The van der Waals surface area contributed by atoms with E-state index in [4.69, 9.17) is 29.0 Å². The van der Waals surface area contributed by atoms with Crippen molar-refractivity contribution in [2.45, 2.75) is 13.8 Å². The van der Waals surface area contributed by atoms with E-state index in [2.05, 4.69) is 0 Å². The molecule has 0 aromatic heterocycles. The monoisotopic (exact) mass is 393 g/mol. The van der Waals surface area contributed by atoms with Crippen LogP contribution >= 0.6 is 0 Å². The van der Waals surface area contributed by atoms with Crippen LogP contribution in [-0.4, -0.2) is 30.6 Å². The number of rotatable bonds is 2. The molecule has 0 rings (SSSR count). The summed E-state index contributed by atoms with van der Waals surface area (Å²) in [5.41, 5.74) is 10.8. The molecule has 0 saturated carbocycles. The van der Waals surface area contributed by atoms with E-state index < -0.39 is 10.4 Å². The Kier molecular flexibility index (Phi) is 11.5. The molecule has 4 N–H and O–H groups in total. The first-order valence-corrected chi connectivity index (χ1v) is 4.52. The van der Waals surface area contributed by atoms with E-state index in [9.17, 15) is 0 Å². The van der Waals surface area contributed by atoms with Gasteiger partial charge in [0.25, 0.3) is 0 Å². The van der Waals surface area contributed by atoms with Gasteiger partial charge in [0.15, 0.2) is 0 Å². The maximum atomic E-state index is 8.52. The molecular weight excluding hydrogens is 379 g/mol. The summed E-state index contributed by atoms with van der Waals surface area (Å²) in [6.45, 7) is 5.44. The summed E-state index contributed by atoms with van der Waals surface area (Å²) in [6.07, 6.45) is 0. The minimum Gasteiger partial charge on any atom is -0.759 e. The van der Waals surface area contributed by atoms with Gasteiger partial charge in [0.2, 0.25) is 0 Å². The first-order valence-electron chi connectivity index (χ1n) is 3.19. The molecule has 0 aromatic rings. The molecule has 0 radical (unpaired) electrons. The van der Waals surface area contributed by atoms with Crippen LogP contribution in [0.1, 0.15) is 13.8 Å². The van der Waals surface area contributed by atoms with E-state index >= 15 is 0 Å². The first kappa shape index (κ1) is 19.1. The Hall–Kier alpha value is 0.478. The van der Waals surface area contributed by atoms with Gasteiger partial charge in [-0.25, -0.2) is 0 Å². The average molecular weight is 393 g/mol. The molecule has 0 amide bonds. The molecule has 0 saturated heterocycles. The van der Waals surface area contributed by atoms with Crippen LogP contribution in [0, 0.1) is 5.41 Å². The van der Waals surface area contributed by atoms with E-state index in [-0.39, 0.29) is 26.5 Å². The van der Waals surface area contributed by atoms with Gasteiger partial charge in [-0.15, -0.1) is 0 Å². The fourth-order valence-corrected chi connectivity index (χ4v) is 0.0833. The van der Waals surface area contributed by atoms with Gasteiger partial charge in [0.1, 0.15) is 0 Å². The van der Waals surface area contributed by atoms with Crippen molar-refractivity contribution in [3.05, 3.63) is 0 Å². The Labute approximate surface area is 92.9 Å². The van der Waals surface area contributed by atoms with Gasteiger partial charge in [-0.2, -0.15) is 0 Å². The van der Waals surface area contributed by atoms with Gasteiger partial charge in [0.05, 0.1) is 0 Å². The summed E-state index contributed by atoms with van der Waals surface area (Å²) in [5, 5.41) is 0. The Bertz CT molecular complexity index is 191. The zero-order valence-corrected chi connectivity index (χ0v) is 10.5. The van der Waals surface area contributed by atoms with Gasteiger partial charge < -0.3 is 20.6 Å². The fourth-order valence-electron chi connectivity index (χ4n) is 0.0833. The largest absolute Gasteiger partial charge is 2.00 e. The molecule has 0 atom stereocenters. The fraction of sp³-hybridized carbons (Fsp3) is 1.00.